The van der Waals surface area contributed by atoms with Crippen LogP contribution < -0.4 is 4.74 Å². The smallest absolute Gasteiger partial charge is 0.258 e. The number of hydrogen-bond donors (Lipinski definition) is 0. The van der Waals surface area contributed by atoms with Gasteiger partial charge in [0.05, 0.1) is 11.6 Å². The molecule has 0 N–H and O–H groups in total. The highest BCUT2D eigenvalue weighted by atomic mass is 79.9. The van der Waals surface area contributed by atoms with E-state index < -0.39 is 11.8 Å². The van der Waals surface area contributed by atoms with Crippen molar-refractivity contribution in [2.24, 2.45) is 0 Å². The third-order valence-corrected chi connectivity index (χ3v) is 2.99. The first-order chi connectivity index (χ1) is 6.97. The molecular weight excluding hydrogens is 313 g/mol. The third-order valence-electron chi connectivity index (χ3n) is 1.76. The first-order valence-electron chi connectivity index (χ1n) is 3.92. The van der Waals surface area contributed by atoms with Gasteiger partial charge < -0.3 is 4.74 Å². The Morgan fingerprint density at radius 1 is 1.40 bits per heavy atom. The minimum atomic E-state index is -2.68. The van der Waals surface area contributed by atoms with Crippen LogP contribution in [0.3, 0.4) is 0 Å². The lowest BCUT2D eigenvalue weighted by Crippen LogP contribution is -2.04. The molecule has 1 aromatic carbocycles. The van der Waals surface area contributed by atoms with Crippen molar-refractivity contribution in [1.29, 1.82) is 0 Å². The van der Waals surface area contributed by atoms with E-state index in [1.54, 1.807) is 6.07 Å². The summed E-state index contributed by atoms with van der Waals surface area (Å²) in [5.41, 5.74) is 0.175. The Hall–Kier alpha value is -0.0600. The van der Waals surface area contributed by atoms with Gasteiger partial charge in [-0.1, -0.05) is 11.6 Å². The van der Waals surface area contributed by atoms with E-state index in [-0.39, 0.29) is 11.3 Å². The largest absolute Gasteiger partial charge is 0.495 e. The SMILES string of the molecule is COc1c(Br)cc(Cl)cc1C(Cl)C(F)F. The lowest BCUT2D eigenvalue weighted by molar-refractivity contribution is 0.141. The fourth-order valence-corrected chi connectivity index (χ4v) is 2.29. The number of methoxy groups -OCH3 is 1. The Morgan fingerprint density at radius 2 is 2.00 bits per heavy atom. The second-order valence-electron chi connectivity index (χ2n) is 2.75. The zero-order chi connectivity index (χ0) is 11.6. The molecule has 6 heteroatoms. The maximum absolute atomic E-state index is 12.4. The average molecular weight is 320 g/mol. The van der Waals surface area contributed by atoms with Crippen LogP contribution in [-0.2, 0) is 0 Å². The van der Waals surface area contributed by atoms with Crippen molar-refractivity contribution in [3.8, 4) is 5.75 Å². The van der Waals surface area contributed by atoms with Gasteiger partial charge in [-0.25, -0.2) is 8.78 Å². The molecular formula is C9H7BrCl2F2O. The van der Waals surface area contributed by atoms with Gasteiger partial charge >= 0.3 is 0 Å². The summed E-state index contributed by atoms with van der Waals surface area (Å²) in [6.45, 7) is 0. The Bertz CT molecular complexity index is 360. The molecule has 0 aliphatic rings. The first-order valence-corrected chi connectivity index (χ1v) is 5.53. The van der Waals surface area contributed by atoms with Gasteiger partial charge in [-0.2, -0.15) is 0 Å². The van der Waals surface area contributed by atoms with Gasteiger partial charge in [0.25, 0.3) is 6.43 Å². The van der Waals surface area contributed by atoms with Crippen molar-refractivity contribution in [2.75, 3.05) is 7.11 Å². The van der Waals surface area contributed by atoms with Crippen molar-refractivity contribution >= 4 is 39.1 Å². The monoisotopic (exact) mass is 318 g/mol. The molecule has 1 atom stereocenters. The molecule has 1 rings (SSSR count). The molecule has 0 aromatic heterocycles. The number of alkyl halides is 3. The molecule has 0 aliphatic carbocycles. The first kappa shape index (κ1) is 13.0. The topological polar surface area (TPSA) is 9.23 Å². The summed E-state index contributed by atoms with van der Waals surface area (Å²) in [6.07, 6.45) is -2.68. The molecule has 84 valence electrons. The van der Waals surface area contributed by atoms with Crippen molar-refractivity contribution in [2.45, 2.75) is 11.8 Å². The highest BCUT2D eigenvalue weighted by Gasteiger charge is 2.24. The van der Waals surface area contributed by atoms with E-state index in [4.69, 9.17) is 27.9 Å². The number of hydrogen-bond acceptors (Lipinski definition) is 1. The normalized spacial score (nSPS) is 13.0. The number of rotatable bonds is 3. The maximum Gasteiger partial charge on any atom is 0.258 e. The fraction of sp³-hybridized carbons (Fsp3) is 0.333. The summed E-state index contributed by atoms with van der Waals surface area (Å²) >= 11 is 14.5. The molecule has 0 bridgehead atoms. The number of halogens is 5. The van der Waals surface area contributed by atoms with Gasteiger partial charge in [0.1, 0.15) is 11.1 Å². The quantitative estimate of drug-likeness (QED) is 0.736. The second-order valence-corrected chi connectivity index (χ2v) is 4.51. The lowest BCUT2D eigenvalue weighted by Gasteiger charge is -2.15. The summed E-state index contributed by atoms with van der Waals surface area (Å²) in [7, 11) is 1.38. The summed E-state index contributed by atoms with van der Waals surface area (Å²) in [4.78, 5) is 0. The van der Waals surface area contributed by atoms with Crippen LogP contribution in [0.2, 0.25) is 5.02 Å². The molecule has 0 amide bonds. The molecule has 1 nitrogen and oxygen atoms in total. The van der Waals surface area contributed by atoms with Gasteiger partial charge in [-0.3, -0.25) is 0 Å². The summed E-state index contributed by atoms with van der Waals surface area (Å²) < 4.78 is 30.4. The van der Waals surface area contributed by atoms with Crippen LogP contribution in [-0.4, -0.2) is 13.5 Å². The van der Waals surface area contributed by atoms with Crippen LogP contribution in [0.4, 0.5) is 8.78 Å². The lowest BCUT2D eigenvalue weighted by atomic mass is 10.1. The Labute approximate surface area is 104 Å². The number of benzene rings is 1. The van der Waals surface area contributed by atoms with Crippen LogP contribution in [0.25, 0.3) is 0 Å². The Morgan fingerprint density at radius 3 is 2.47 bits per heavy atom. The van der Waals surface area contributed by atoms with Gasteiger partial charge in [0, 0.05) is 10.6 Å². The van der Waals surface area contributed by atoms with Gasteiger partial charge in [-0.05, 0) is 28.1 Å². The minimum absolute atomic E-state index is 0.175. The van der Waals surface area contributed by atoms with Crippen LogP contribution >= 0.6 is 39.1 Å². The van der Waals surface area contributed by atoms with E-state index in [1.807, 2.05) is 0 Å². The molecule has 0 spiro atoms. The second kappa shape index (κ2) is 5.32. The average Bonchev–Trinajstić information content (AvgIpc) is 2.15. The van der Waals surface area contributed by atoms with Crippen LogP contribution in [0.1, 0.15) is 10.9 Å². The molecule has 0 saturated carbocycles. The Balaban J connectivity index is 3.26. The minimum Gasteiger partial charge on any atom is -0.495 e. The van der Waals surface area contributed by atoms with E-state index in [2.05, 4.69) is 15.9 Å². The highest BCUT2D eigenvalue weighted by Crippen LogP contribution is 2.40. The summed E-state index contributed by atoms with van der Waals surface area (Å²) in [6, 6.07) is 2.92. The van der Waals surface area contributed by atoms with Crippen molar-refractivity contribution in [3.63, 3.8) is 0 Å². The maximum atomic E-state index is 12.4. The zero-order valence-corrected chi connectivity index (χ0v) is 10.7. The molecule has 1 unspecified atom stereocenters. The van der Waals surface area contributed by atoms with Gasteiger partial charge in [-0.15, -0.1) is 11.6 Å². The molecule has 0 heterocycles. The predicted molar refractivity (Wildman–Crippen MR) is 60.3 cm³/mol. The van der Waals surface area contributed by atoms with E-state index in [1.165, 1.54) is 13.2 Å². The van der Waals surface area contributed by atoms with E-state index >= 15 is 0 Å². The standard InChI is InChI=1S/C9H7BrCl2F2O/c1-15-8-5(7(12)9(13)14)2-4(11)3-6(8)10/h2-3,7,9H,1H3. The highest BCUT2D eigenvalue weighted by molar-refractivity contribution is 9.10. The van der Waals surface area contributed by atoms with Crippen molar-refractivity contribution < 1.29 is 13.5 Å². The molecule has 0 aliphatic heterocycles. The van der Waals surface area contributed by atoms with Crippen molar-refractivity contribution in [1.82, 2.24) is 0 Å². The van der Waals surface area contributed by atoms with Gasteiger partial charge in [0.15, 0.2) is 0 Å². The molecule has 1 aromatic rings. The molecule has 15 heavy (non-hydrogen) atoms. The van der Waals surface area contributed by atoms with Crippen molar-refractivity contribution in [3.05, 3.63) is 27.2 Å². The Kier molecular flexibility index (Phi) is 4.62. The van der Waals surface area contributed by atoms with E-state index in [0.717, 1.165) is 0 Å². The summed E-state index contributed by atoms with van der Waals surface area (Å²) in [5.74, 6) is 0.278. The zero-order valence-electron chi connectivity index (χ0n) is 7.61. The predicted octanol–water partition coefficient (Wildman–Crippen LogP) is 4.66. The van der Waals surface area contributed by atoms with E-state index in [9.17, 15) is 8.78 Å². The molecule has 0 fully saturated rings. The fourth-order valence-electron chi connectivity index (χ4n) is 1.14. The summed E-state index contributed by atoms with van der Waals surface area (Å²) in [5, 5.41) is -1.11. The number of ether oxygens (including phenoxy) is 1. The van der Waals surface area contributed by atoms with Gasteiger partial charge in [0.2, 0.25) is 0 Å². The molecule has 0 radical (unpaired) electrons. The van der Waals surface area contributed by atoms with Crippen LogP contribution in [0.15, 0.2) is 16.6 Å². The van der Waals surface area contributed by atoms with Crippen LogP contribution in [0.5, 0.6) is 5.75 Å². The van der Waals surface area contributed by atoms with Crippen LogP contribution in [0, 0.1) is 0 Å². The molecule has 0 saturated heterocycles. The van der Waals surface area contributed by atoms with E-state index in [0.29, 0.717) is 9.50 Å². The third kappa shape index (κ3) is 2.95.